The van der Waals surface area contributed by atoms with Crippen molar-refractivity contribution in [2.75, 3.05) is 20.8 Å². The minimum absolute atomic E-state index is 0.0388. The zero-order valence-electron chi connectivity index (χ0n) is 19.8. The van der Waals surface area contributed by atoms with Gasteiger partial charge in [-0.25, -0.2) is 0 Å². The van der Waals surface area contributed by atoms with Crippen molar-refractivity contribution < 1.29 is 19.1 Å². The number of phenolic OH excluding ortho intramolecular Hbond substituents is 1. The fourth-order valence-corrected chi connectivity index (χ4v) is 4.32. The number of aromatic nitrogens is 2. The van der Waals surface area contributed by atoms with E-state index in [4.69, 9.17) is 31.2 Å². The molecule has 0 amide bonds. The van der Waals surface area contributed by atoms with E-state index in [2.05, 4.69) is 24.3 Å². The second-order valence-corrected chi connectivity index (χ2v) is 8.86. The number of benzene rings is 2. The van der Waals surface area contributed by atoms with E-state index in [0.717, 1.165) is 28.9 Å². The largest absolute Gasteiger partial charge is 0.504 e. The summed E-state index contributed by atoms with van der Waals surface area (Å²) < 4.78 is 16.3. The molecule has 8 nitrogen and oxygen atoms in total. The topological polar surface area (TPSA) is 92.9 Å². The minimum atomic E-state index is -0.397. The van der Waals surface area contributed by atoms with Gasteiger partial charge in [0, 0.05) is 17.8 Å². The maximum Gasteiger partial charge on any atom is 0.258 e. The number of nitrogens with one attached hydrogen (secondary N) is 1. The second kappa shape index (κ2) is 9.72. The Morgan fingerprint density at radius 2 is 1.97 bits per heavy atom. The highest BCUT2D eigenvalue weighted by Crippen LogP contribution is 2.40. The molecule has 0 bridgehead atoms. The fourth-order valence-electron chi connectivity index (χ4n) is 3.99. The Morgan fingerprint density at radius 1 is 1.18 bits per heavy atom. The van der Waals surface area contributed by atoms with Crippen LogP contribution in [0.4, 0.5) is 0 Å². The smallest absolute Gasteiger partial charge is 0.258 e. The Balaban J connectivity index is 1.82. The predicted octanol–water partition coefficient (Wildman–Crippen LogP) is 4.78. The third kappa shape index (κ3) is 4.56. The summed E-state index contributed by atoms with van der Waals surface area (Å²) >= 11 is 5.71. The van der Waals surface area contributed by atoms with Crippen LogP contribution in [0.1, 0.15) is 38.3 Å². The summed E-state index contributed by atoms with van der Waals surface area (Å²) in [4.78, 5) is 6.76. The molecule has 0 saturated heterocycles. The molecule has 1 aromatic heterocycles. The van der Waals surface area contributed by atoms with E-state index in [0.29, 0.717) is 34.2 Å². The Morgan fingerprint density at radius 3 is 2.65 bits per heavy atom. The van der Waals surface area contributed by atoms with Crippen molar-refractivity contribution in [2.24, 2.45) is 5.92 Å². The molecule has 34 heavy (non-hydrogen) atoms. The Bertz CT molecular complexity index is 1240. The zero-order chi connectivity index (χ0) is 24.4. The molecule has 1 aliphatic rings. The normalized spacial score (nSPS) is 16.1. The molecular formula is C25H28N4O4S. The molecule has 9 heteroatoms. The van der Waals surface area contributed by atoms with Gasteiger partial charge in [0.15, 0.2) is 16.6 Å². The molecule has 2 aromatic carbocycles. The van der Waals surface area contributed by atoms with E-state index in [1.54, 1.807) is 19.2 Å². The standard InChI is InChI=1S/C25H28N4O4S/c1-14(2)13-29-15(3)21(22(26-25(29)34)16-9-10-20(32-5)19(30)12-16)24-27-23(28-33-24)17-7-6-8-18(11-17)31-4/h6-12,14,22,30H,13H2,1-5H3,(H,26,34). The summed E-state index contributed by atoms with van der Waals surface area (Å²) in [6.45, 7) is 7.00. The lowest BCUT2D eigenvalue weighted by atomic mass is 9.94. The molecule has 2 heterocycles. The first kappa shape index (κ1) is 23.6. The molecule has 3 aromatic rings. The maximum atomic E-state index is 10.4. The number of aromatic hydroxyl groups is 1. The van der Waals surface area contributed by atoms with E-state index >= 15 is 0 Å². The van der Waals surface area contributed by atoms with Gasteiger partial charge in [0.1, 0.15) is 5.75 Å². The van der Waals surface area contributed by atoms with Gasteiger partial charge in [0.25, 0.3) is 5.89 Å². The highest BCUT2D eigenvalue weighted by Gasteiger charge is 2.34. The fraction of sp³-hybridized carbons (Fsp3) is 0.320. The van der Waals surface area contributed by atoms with Gasteiger partial charge in [0.05, 0.1) is 25.8 Å². The summed E-state index contributed by atoms with van der Waals surface area (Å²) in [5, 5.41) is 18.6. The van der Waals surface area contributed by atoms with Crippen LogP contribution in [0.3, 0.4) is 0 Å². The van der Waals surface area contributed by atoms with Gasteiger partial charge < -0.3 is 29.3 Å². The van der Waals surface area contributed by atoms with Gasteiger partial charge in [-0.05, 0) is 54.9 Å². The van der Waals surface area contributed by atoms with Crippen LogP contribution in [0.15, 0.2) is 52.7 Å². The Labute approximate surface area is 204 Å². The summed E-state index contributed by atoms with van der Waals surface area (Å²) in [7, 11) is 3.13. The quantitative estimate of drug-likeness (QED) is 0.464. The third-order valence-electron chi connectivity index (χ3n) is 5.66. The maximum absolute atomic E-state index is 10.4. The van der Waals surface area contributed by atoms with Gasteiger partial charge >= 0.3 is 0 Å². The van der Waals surface area contributed by atoms with Crippen LogP contribution in [0, 0.1) is 5.92 Å². The molecule has 1 atom stereocenters. The molecule has 1 aliphatic heterocycles. The van der Waals surface area contributed by atoms with E-state index in [1.165, 1.54) is 7.11 Å². The van der Waals surface area contributed by atoms with Crippen LogP contribution in [0.2, 0.25) is 0 Å². The van der Waals surface area contributed by atoms with Crippen LogP contribution >= 0.6 is 12.2 Å². The van der Waals surface area contributed by atoms with Crippen LogP contribution in [0.25, 0.3) is 17.0 Å². The van der Waals surface area contributed by atoms with Crippen LogP contribution < -0.4 is 14.8 Å². The van der Waals surface area contributed by atoms with Gasteiger partial charge in [-0.3, -0.25) is 0 Å². The summed E-state index contributed by atoms with van der Waals surface area (Å²) in [5.74, 6) is 2.35. The average Bonchev–Trinajstić information content (AvgIpc) is 3.31. The lowest BCUT2D eigenvalue weighted by Crippen LogP contribution is -2.47. The number of ether oxygens (including phenoxy) is 2. The van der Waals surface area contributed by atoms with Crippen molar-refractivity contribution in [2.45, 2.75) is 26.8 Å². The van der Waals surface area contributed by atoms with Crippen molar-refractivity contribution in [3.8, 4) is 28.6 Å². The molecule has 0 aliphatic carbocycles. The lowest BCUT2D eigenvalue weighted by molar-refractivity contribution is 0.371. The van der Waals surface area contributed by atoms with Crippen molar-refractivity contribution in [3.63, 3.8) is 0 Å². The second-order valence-electron chi connectivity index (χ2n) is 8.47. The summed E-state index contributed by atoms with van der Waals surface area (Å²) in [6, 6.07) is 12.4. The minimum Gasteiger partial charge on any atom is -0.504 e. The summed E-state index contributed by atoms with van der Waals surface area (Å²) in [6.07, 6.45) is 0. The molecule has 1 unspecified atom stereocenters. The molecule has 0 radical (unpaired) electrons. The lowest BCUT2D eigenvalue weighted by Gasteiger charge is -2.38. The molecule has 2 N–H and O–H groups in total. The van der Waals surface area contributed by atoms with E-state index in [1.807, 2.05) is 42.2 Å². The average molecular weight is 481 g/mol. The van der Waals surface area contributed by atoms with Gasteiger partial charge in [0.2, 0.25) is 5.82 Å². The molecule has 4 rings (SSSR count). The first-order valence-electron chi connectivity index (χ1n) is 11.0. The monoisotopic (exact) mass is 480 g/mol. The molecular weight excluding hydrogens is 452 g/mol. The zero-order valence-corrected chi connectivity index (χ0v) is 20.6. The molecule has 178 valence electrons. The number of hydrogen-bond acceptors (Lipinski definition) is 7. The number of hydrogen-bond donors (Lipinski definition) is 2. The van der Waals surface area contributed by atoms with Crippen molar-refractivity contribution >= 4 is 22.9 Å². The Kier molecular flexibility index (Phi) is 6.74. The van der Waals surface area contributed by atoms with Crippen molar-refractivity contribution in [3.05, 3.63) is 59.6 Å². The van der Waals surface area contributed by atoms with Crippen LogP contribution in [-0.4, -0.2) is 46.0 Å². The highest BCUT2D eigenvalue weighted by atomic mass is 32.1. The molecule has 0 saturated carbocycles. The van der Waals surface area contributed by atoms with E-state index in [-0.39, 0.29) is 5.75 Å². The summed E-state index contributed by atoms with van der Waals surface area (Å²) in [5.41, 5.74) is 3.28. The first-order valence-corrected chi connectivity index (χ1v) is 11.4. The molecule has 0 spiro atoms. The number of nitrogens with zero attached hydrogens (tertiary/aromatic N) is 3. The van der Waals surface area contributed by atoms with Gasteiger partial charge in [-0.2, -0.15) is 4.98 Å². The third-order valence-corrected chi connectivity index (χ3v) is 6.00. The first-order chi connectivity index (χ1) is 16.3. The number of phenols is 1. The SMILES string of the molecule is COc1cccc(-c2noc(C3=C(C)N(CC(C)C)C(=S)NC3c3ccc(OC)c(O)c3)n2)c1. The number of rotatable bonds is 7. The van der Waals surface area contributed by atoms with Gasteiger partial charge in [-0.1, -0.05) is 37.2 Å². The number of methoxy groups -OCH3 is 2. The number of allylic oxidation sites excluding steroid dienone is 1. The number of thiocarbonyl (C=S) groups is 1. The van der Waals surface area contributed by atoms with Crippen LogP contribution in [-0.2, 0) is 0 Å². The van der Waals surface area contributed by atoms with E-state index in [9.17, 15) is 5.11 Å². The van der Waals surface area contributed by atoms with Crippen LogP contribution in [0.5, 0.6) is 17.2 Å². The van der Waals surface area contributed by atoms with Gasteiger partial charge in [-0.15, -0.1) is 0 Å². The van der Waals surface area contributed by atoms with E-state index < -0.39 is 6.04 Å². The van der Waals surface area contributed by atoms with Crippen molar-refractivity contribution in [1.82, 2.24) is 20.4 Å². The Hall–Kier alpha value is -3.59. The predicted molar refractivity (Wildman–Crippen MR) is 134 cm³/mol. The highest BCUT2D eigenvalue weighted by molar-refractivity contribution is 7.80. The molecule has 0 fully saturated rings. The van der Waals surface area contributed by atoms with Crippen molar-refractivity contribution in [1.29, 1.82) is 0 Å².